The van der Waals surface area contributed by atoms with Gasteiger partial charge in [0.1, 0.15) is 0 Å². The third-order valence-corrected chi connectivity index (χ3v) is 8.62. The molecule has 0 heterocycles. The van der Waals surface area contributed by atoms with Gasteiger partial charge in [-0.1, -0.05) is 174 Å². The number of carbonyl (C=O) groups excluding carboxylic acids is 1. The number of hydrogen-bond acceptors (Lipinski definition) is 3. The summed E-state index contributed by atoms with van der Waals surface area (Å²) >= 11 is 0. The molecule has 1 unspecified atom stereocenters. The summed E-state index contributed by atoms with van der Waals surface area (Å²) in [6.07, 6.45) is 40.0. The van der Waals surface area contributed by atoms with Gasteiger partial charge in [0, 0.05) is 6.42 Å². The van der Waals surface area contributed by atoms with E-state index in [4.69, 9.17) is 4.74 Å². The maximum Gasteiger partial charge on any atom is 0.305 e. The first-order valence-electron chi connectivity index (χ1n) is 18.6. The predicted molar refractivity (Wildman–Crippen MR) is 181 cm³/mol. The van der Waals surface area contributed by atoms with E-state index in [2.05, 4.69) is 32.9 Å². The number of rotatable bonds is 33. The Labute approximate surface area is 258 Å². The average Bonchev–Trinajstić information content (AvgIpc) is 2.96. The molecule has 0 aliphatic rings. The molecule has 0 fully saturated rings. The van der Waals surface area contributed by atoms with Crippen LogP contribution in [0.4, 0.5) is 0 Å². The maximum absolute atomic E-state index is 11.9. The zero-order valence-electron chi connectivity index (χ0n) is 28.3. The van der Waals surface area contributed by atoms with Crippen molar-refractivity contribution >= 4 is 5.97 Å². The molecule has 3 heteroatoms. The predicted octanol–water partition coefficient (Wildman–Crippen LogP) is 12.4. The molecule has 41 heavy (non-hydrogen) atoms. The molecule has 0 aliphatic heterocycles. The highest BCUT2D eigenvalue weighted by Crippen LogP contribution is 2.18. The van der Waals surface area contributed by atoms with Crippen molar-refractivity contribution in [1.29, 1.82) is 0 Å². The molecule has 3 nitrogen and oxygen atoms in total. The minimum absolute atomic E-state index is 0.00734. The van der Waals surface area contributed by atoms with Crippen LogP contribution in [0.1, 0.15) is 207 Å². The van der Waals surface area contributed by atoms with Crippen LogP contribution >= 0.6 is 0 Å². The molecule has 0 aromatic carbocycles. The van der Waals surface area contributed by atoms with Gasteiger partial charge in [-0.15, -0.1) is 0 Å². The van der Waals surface area contributed by atoms with Gasteiger partial charge < -0.3 is 9.84 Å². The molecule has 244 valence electrons. The van der Waals surface area contributed by atoms with Gasteiger partial charge in [0.2, 0.25) is 0 Å². The Kier molecular flexibility index (Phi) is 33.0. The van der Waals surface area contributed by atoms with E-state index in [-0.39, 0.29) is 12.1 Å². The zero-order valence-corrected chi connectivity index (χ0v) is 28.3. The summed E-state index contributed by atoms with van der Waals surface area (Å²) in [6.45, 7) is 7.56. The smallest absolute Gasteiger partial charge is 0.305 e. The molecule has 0 rings (SSSR count). The van der Waals surface area contributed by atoms with Crippen LogP contribution in [-0.4, -0.2) is 23.8 Å². The highest BCUT2D eigenvalue weighted by atomic mass is 16.5. The summed E-state index contributed by atoms with van der Waals surface area (Å²) in [5.41, 5.74) is 0. The SMILES string of the molecule is CCCCCCC(C)CCCCCCCCCCCCOC(=O)CCCCCCC/C=C\C[C@H](O)CCCCCC. The van der Waals surface area contributed by atoms with Crippen LogP contribution in [0, 0.1) is 5.92 Å². The van der Waals surface area contributed by atoms with Gasteiger partial charge in [-0.25, -0.2) is 0 Å². The standard InChI is InChI=1S/C38H74O3/c1-4-6-8-24-30-36(3)31-25-20-16-12-10-11-15-19-23-29-35-41-38(40)34-28-22-18-14-13-17-21-27-33-37(39)32-26-9-7-5-2/h21,27,36-37,39H,4-20,22-26,28-35H2,1-3H3/b27-21-/t36?,37-/m1/s1. The van der Waals surface area contributed by atoms with E-state index in [9.17, 15) is 9.90 Å². The van der Waals surface area contributed by atoms with E-state index < -0.39 is 0 Å². The second-order valence-electron chi connectivity index (χ2n) is 13.0. The Morgan fingerprint density at radius 2 is 1.05 bits per heavy atom. The number of unbranched alkanes of at least 4 members (excludes halogenated alkanes) is 20. The molecule has 0 aromatic heterocycles. The number of ether oxygens (including phenoxy) is 1. The van der Waals surface area contributed by atoms with Crippen molar-refractivity contribution in [2.45, 2.75) is 213 Å². The van der Waals surface area contributed by atoms with Gasteiger partial charge in [-0.05, 0) is 44.4 Å². The lowest BCUT2D eigenvalue weighted by Crippen LogP contribution is -2.05. The van der Waals surface area contributed by atoms with Gasteiger partial charge in [0.05, 0.1) is 12.7 Å². The van der Waals surface area contributed by atoms with Crippen molar-refractivity contribution in [2.75, 3.05) is 6.61 Å². The summed E-state index contributed by atoms with van der Waals surface area (Å²) < 4.78 is 5.43. The quantitative estimate of drug-likeness (QED) is 0.0478. The highest BCUT2D eigenvalue weighted by Gasteiger charge is 2.04. The van der Waals surface area contributed by atoms with E-state index in [0.717, 1.165) is 50.9 Å². The lowest BCUT2D eigenvalue weighted by molar-refractivity contribution is -0.143. The van der Waals surface area contributed by atoms with Crippen molar-refractivity contribution in [3.63, 3.8) is 0 Å². The lowest BCUT2D eigenvalue weighted by Gasteiger charge is -2.10. The van der Waals surface area contributed by atoms with E-state index in [1.807, 2.05) is 0 Å². The Hall–Kier alpha value is -0.830. The molecule has 0 aromatic rings. The number of allylic oxidation sites excluding steroid dienone is 1. The molecule has 0 spiro atoms. The number of aliphatic hydroxyl groups is 1. The minimum atomic E-state index is -0.166. The molecule has 2 atom stereocenters. The van der Waals surface area contributed by atoms with Crippen LogP contribution in [0.2, 0.25) is 0 Å². The average molecular weight is 579 g/mol. The lowest BCUT2D eigenvalue weighted by atomic mass is 9.96. The minimum Gasteiger partial charge on any atom is -0.466 e. The van der Waals surface area contributed by atoms with Crippen molar-refractivity contribution in [2.24, 2.45) is 5.92 Å². The fourth-order valence-electron chi connectivity index (χ4n) is 5.69. The summed E-state index contributed by atoms with van der Waals surface area (Å²) in [5.74, 6) is 0.920. The fourth-order valence-corrected chi connectivity index (χ4v) is 5.69. The monoisotopic (exact) mass is 579 g/mol. The molecule has 0 bridgehead atoms. The van der Waals surface area contributed by atoms with Crippen LogP contribution in [-0.2, 0) is 9.53 Å². The van der Waals surface area contributed by atoms with Gasteiger partial charge in [-0.3, -0.25) is 4.79 Å². The highest BCUT2D eigenvalue weighted by molar-refractivity contribution is 5.69. The van der Waals surface area contributed by atoms with Gasteiger partial charge in [-0.2, -0.15) is 0 Å². The van der Waals surface area contributed by atoms with Crippen LogP contribution in [0.3, 0.4) is 0 Å². The summed E-state index contributed by atoms with van der Waals surface area (Å²) in [4.78, 5) is 11.9. The number of esters is 1. The maximum atomic E-state index is 11.9. The van der Waals surface area contributed by atoms with Crippen LogP contribution < -0.4 is 0 Å². The second kappa shape index (κ2) is 33.7. The molecular formula is C38H74O3. The topological polar surface area (TPSA) is 46.5 Å². The van der Waals surface area contributed by atoms with E-state index in [0.29, 0.717) is 13.0 Å². The normalized spacial score (nSPS) is 13.2. The fraction of sp³-hybridized carbons (Fsp3) is 0.921. The molecule has 0 saturated heterocycles. The summed E-state index contributed by atoms with van der Waals surface area (Å²) in [7, 11) is 0. The van der Waals surface area contributed by atoms with Gasteiger partial charge in [0.15, 0.2) is 0 Å². The Balaban J connectivity index is 3.29. The molecule has 0 saturated carbocycles. The first-order chi connectivity index (χ1) is 20.1. The molecule has 1 N–H and O–H groups in total. The van der Waals surface area contributed by atoms with Crippen molar-refractivity contribution in [3.8, 4) is 0 Å². The van der Waals surface area contributed by atoms with E-state index in [1.54, 1.807) is 0 Å². The van der Waals surface area contributed by atoms with Crippen LogP contribution in [0.15, 0.2) is 12.2 Å². The van der Waals surface area contributed by atoms with Gasteiger partial charge in [0.25, 0.3) is 0 Å². The zero-order chi connectivity index (χ0) is 30.1. The van der Waals surface area contributed by atoms with Crippen LogP contribution in [0.5, 0.6) is 0 Å². The van der Waals surface area contributed by atoms with E-state index in [1.165, 1.54) is 135 Å². The van der Waals surface area contributed by atoms with E-state index >= 15 is 0 Å². The Bertz CT molecular complexity index is 544. The molecule has 0 radical (unpaired) electrons. The first kappa shape index (κ1) is 40.2. The molecule has 0 amide bonds. The number of hydrogen-bond donors (Lipinski definition) is 1. The second-order valence-corrected chi connectivity index (χ2v) is 13.0. The molecular weight excluding hydrogens is 504 g/mol. The molecule has 0 aliphatic carbocycles. The Morgan fingerprint density at radius 1 is 0.585 bits per heavy atom. The van der Waals surface area contributed by atoms with Crippen molar-refractivity contribution < 1.29 is 14.6 Å². The largest absolute Gasteiger partial charge is 0.466 e. The first-order valence-corrected chi connectivity index (χ1v) is 18.6. The van der Waals surface area contributed by atoms with Crippen molar-refractivity contribution in [1.82, 2.24) is 0 Å². The van der Waals surface area contributed by atoms with Gasteiger partial charge >= 0.3 is 5.97 Å². The van der Waals surface area contributed by atoms with Crippen molar-refractivity contribution in [3.05, 3.63) is 12.2 Å². The Morgan fingerprint density at radius 3 is 1.63 bits per heavy atom. The third kappa shape index (κ3) is 33.5. The van der Waals surface area contributed by atoms with Crippen LogP contribution in [0.25, 0.3) is 0 Å². The summed E-state index contributed by atoms with van der Waals surface area (Å²) in [6, 6.07) is 0. The number of aliphatic hydroxyl groups excluding tert-OH is 1. The third-order valence-electron chi connectivity index (χ3n) is 8.62. The summed E-state index contributed by atoms with van der Waals surface area (Å²) in [5, 5.41) is 9.99. The number of carbonyl (C=O) groups is 1.